The maximum Gasteiger partial charge on any atom is 0.239 e. The second-order valence-corrected chi connectivity index (χ2v) is 6.54. The highest BCUT2D eigenvalue weighted by Crippen LogP contribution is 2.05. The predicted molar refractivity (Wildman–Crippen MR) is 111 cm³/mol. The maximum atomic E-state index is 11.8. The summed E-state index contributed by atoms with van der Waals surface area (Å²) in [5, 5.41) is 5.40. The van der Waals surface area contributed by atoms with Gasteiger partial charge < -0.3 is 16.4 Å². The van der Waals surface area contributed by atoms with E-state index in [0.29, 0.717) is 6.54 Å². The van der Waals surface area contributed by atoms with E-state index < -0.39 is 6.04 Å². The first-order valence-electron chi connectivity index (χ1n) is 8.35. The van der Waals surface area contributed by atoms with E-state index in [2.05, 4.69) is 34.6 Å². The number of carbonyl (C=O) groups excluding carboxylic acids is 2. The molecule has 2 amide bonds. The Morgan fingerprint density at radius 1 is 1.08 bits per heavy atom. The van der Waals surface area contributed by atoms with Crippen LogP contribution in [0.1, 0.15) is 26.3 Å². The summed E-state index contributed by atoms with van der Waals surface area (Å²) in [6.45, 7) is 7.08. The molecule has 1 rings (SSSR count). The lowest BCUT2D eigenvalue weighted by molar-refractivity contribution is -0.127. The third-order valence-electron chi connectivity index (χ3n) is 4.07. The third-order valence-corrected chi connectivity index (χ3v) is 4.07. The van der Waals surface area contributed by atoms with Crippen molar-refractivity contribution in [3.63, 3.8) is 0 Å². The number of benzene rings is 1. The fourth-order valence-electron chi connectivity index (χ4n) is 2.10. The van der Waals surface area contributed by atoms with Crippen molar-refractivity contribution in [3.8, 4) is 0 Å². The first-order chi connectivity index (χ1) is 11.3. The maximum absolute atomic E-state index is 11.8. The van der Waals surface area contributed by atoms with Crippen LogP contribution in [-0.2, 0) is 16.1 Å². The molecule has 1 aromatic rings. The second kappa shape index (κ2) is 13.8. The number of amides is 2. The van der Waals surface area contributed by atoms with E-state index in [0.717, 1.165) is 6.54 Å². The molecular weight excluding hydrogens is 375 g/mol. The number of nitrogens with zero attached hydrogens (tertiary/aromatic N) is 1. The lowest BCUT2D eigenvalue weighted by Crippen LogP contribution is -2.48. The Labute approximate surface area is 169 Å². The van der Waals surface area contributed by atoms with Crippen LogP contribution >= 0.6 is 24.8 Å². The molecule has 0 heterocycles. The molecule has 2 atom stereocenters. The fourth-order valence-corrected chi connectivity index (χ4v) is 2.10. The summed E-state index contributed by atoms with van der Waals surface area (Å²) < 4.78 is 0. The van der Waals surface area contributed by atoms with Gasteiger partial charge in [-0.2, -0.15) is 0 Å². The van der Waals surface area contributed by atoms with Crippen LogP contribution in [0.2, 0.25) is 0 Å². The lowest BCUT2D eigenvalue weighted by atomic mass is 10.1. The summed E-state index contributed by atoms with van der Waals surface area (Å²) in [5.41, 5.74) is 6.96. The highest BCUT2D eigenvalue weighted by molar-refractivity contribution is 5.87. The normalized spacial score (nSPS) is 12.6. The van der Waals surface area contributed by atoms with Crippen LogP contribution in [0.3, 0.4) is 0 Å². The average Bonchev–Trinajstić information content (AvgIpc) is 2.57. The van der Waals surface area contributed by atoms with Crippen molar-refractivity contribution >= 4 is 36.6 Å². The molecule has 0 radical (unpaired) electrons. The Hall–Kier alpha value is -1.34. The zero-order valence-corrected chi connectivity index (χ0v) is 17.5. The van der Waals surface area contributed by atoms with Gasteiger partial charge in [0.25, 0.3) is 0 Å². The van der Waals surface area contributed by atoms with Crippen molar-refractivity contribution in [2.75, 3.05) is 20.1 Å². The molecule has 4 N–H and O–H groups in total. The first-order valence-corrected chi connectivity index (χ1v) is 8.35. The van der Waals surface area contributed by atoms with Gasteiger partial charge >= 0.3 is 0 Å². The highest BCUT2D eigenvalue weighted by Gasteiger charge is 2.18. The van der Waals surface area contributed by atoms with Gasteiger partial charge in [0.1, 0.15) is 0 Å². The van der Waals surface area contributed by atoms with Crippen molar-refractivity contribution in [1.29, 1.82) is 0 Å². The number of carbonyl (C=O) groups is 2. The molecular formula is C18H32Cl2N4O2. The monoisotopic (exact) mass is 406 g/mol. The molecule has 1 unspecified atom stereocenters. The van der Waals surface area contributed by atoms with Crippen LogP contribution in [0, 0.1) is 5.92 Å². The Morgan fingerprint density at radius 2 is 1.65 bits per heavy atom. The number of hydrogen-bond acceptors (Lipinski definition) is 4. The second-order valence-electron chi connectivity index (χ2n) is 6.54. The molecule has 6 nitrogen and oxygen atoms in total. The van der Waals surface area contributed by atoms with E-state index in [1.807, 2.05) is 39.1 Å². The van der Waals surface area contributed by atoms with Gasteiger partial charge in [-0.3, -0.25) is 14.5 Å². The number of nitrogens with one attached hydrogen (secondary N) is 2. The Morgan fingerprint density at radius 3 is 2.19 bits per heavy atom. The molecule has 0 fully saturated rings. The molecule has 0 saturated heterocycles. The van der Waals surface area contributed by atoms with Gasteiger partial charge in [-0.05, 0) is 25.5 Å². The van der Waals surface area contributed by atoms with Gasteiger partial charge in [0.2, 0.25) is 11.8 Å². The lowest BCUT2D eigenvalue weighted by Gasteiger charge is -2.25. The van der Waals surface area contributed by atoms with Crippen LogP contribution in [0.15, 0.2) is 30.3 Å². The van der Waals surface area contributed by atoms with Crippen molar-refractivity contribution in [1.82, 2.24) is 15.5 Å². The van der Waals surface area contributed by atoms with Crippen LogP contribution in [0.4, 0.5) is 0 Å². The average molecular weight is 407 g/mol. The molecule has 0 aromatic heterocycles. The molecule has 0 aliphatic carbocycles. The van der Waals surface area contributed by atoms with E-state index >= 15 is 0 Å². The highest BCUT2D eigenvalue weighted by atomic mass is 35.5. The zero-order chi connectivity index (χ0) is 18.1. The molecule has 1 aromatic carbocycles. The number of hydrogen-bond donors (Lipinski definition) is 3. The minimum atomic E-state index is -0.589. The van der Waals surface area contributed by atoms with Crippen molar-refractivity contribution in [2.24, 2.45) is 11.7 Å². The summed E-state index contributed by atoms with van der Waals surface area (Å²) in [6, 6.07) is 9.77. The van der Waals surface area contributed by atoms with E-state index in [1.165, 1.54) is 5.56 Å². The van der Waals surface area contributed by atoms with Crippen LogP contribution in [0.5, 0.6) is 0 Å². The molecule has 26 heavy (non-hydrogen) atoms. The molecule has 0 aliphatic rings. The molecule has 0 bridgehead atoms. The van der Waals surface area contributed by atoms with Gasteiger partial charge in [0.05, 0.1) is 12.6 Å². The standard InChI is InChI=1S/C18H30N4O2.2ClH/c1-13(2)17(19)18(24)21-11-16(23)20-10-14(3)22(4)12-15-8-6-5-7-9-15;;/h5-9,13-14,17H,10-12,19H2,1-4H3,(H,20,23)(H,21,24);2*1H/t14?,17-;;/m0../s1. The Bertz CT molecular complexity index is 529. The van der Waals surface area contributed by atoms with Gasteiger partial charge in [-0.1, -0.05) is 44.2 Å². The van der Waals surface area contributed by atoms with E-state index in [-0.39, 0.29) is 55.1 Å². The van der Waals surface area contributed by atoms with Crippen LogP contribution in [0.25, 0.3) is 0 Å². The van der Waals surface area contributed by atoms with Gasteiger partial charge in [-0.25, -0.2) is 0 Å². The van der Waals surface area contributed by atoms with Crippen molar-refractivity contribution < 1.29 is 9.59 Å². The van der Waals surface area contributed by atoms with Gasteiger partial charge in [0, 0.05) is 19.1 Å². The summed E-state index contributed by atoms with van der Waals surface area (Å²) in [7, 11) is 2.02. The molecule has 8 heteroatoms. The first kappa shape index (κ1) is 26.9. The van der Waals surface area contributed by atoms with Gasteiger partial charge in [0.15, 0.2) is 0 Å². The number of rotatable bonds is 9. The number of likely N-dealkylation sites (N-methyl/N-ethyl adjacent to an activating group) is 1. The predicted octanol–water partition coefficient (Wildman–Crippen LogP) is 1.57. The SMILES string of the molecule is CC(C)[C@H](N)C(=O)NCC(=O)NCC(C)N(C)Cc1ccccc1.Cl.Cl. The molecule has 0 aliphatic heterocycles. The Kier molecular flexibility index (Phi) is 14.3. The molecule has 0 saturated carbocycles. The minimum Gasteiger partial charge on any atom is -0.353 e. The molecule has 150 valence electrons. The topological polar surface area (TPSA) is 87.5 Å². The quantitative estimate of drug-likeness (QED) is 0.580. The van der Waals surface area contributed by atoms with Crippen LogP contribution in [-0.4, -0.2) is 48.9 Å². The van der Waals surface area contributed by atoms with Gasteiger partial charge in [-0.15, -0.1) is 24.8 Å². The molecule has 0 spiro atoms. The largest absolute Gasteiger partial charge is 0.353 e. The minimum absolute atomic E-state index is 0. The van der Waals surface area contributed by atoms with E-state index in [9.17, 15) is 9.59 Å². The summed E-state index contributed by atoms with van der Waals surface area (Å²) in [6.07, 6.45) is 0. The third kappa shape index (κ3) is 9.97. The number of halogens is 2. The summed E-state index contributed by atoms with van der Waals surface area (Å²) in [4.78, 5) is 25.7. The Balaban J connectivity index is 0. The zero-order valence-electron chi connectivity index (χ0n) is 15.9. The van der Waals surface area contributed by atoms with Crippen LogP contribution < -0.4 is 16.4 Å². The van der Waals surface area contributed by atoms with Crippen molar-refractivity contribution in [3.05, 3.63) is 35.9 Å². The van der Waals surface area contributed by atoms with E-state index in [4.69, 9.17) is 5.73 Å². The van der Waals surface area contributed by atoms with Crippen molar-refractivity contribution in [2.45, 2.75) is 39.4 Å². The fraction of sp³-hybridized carbons (Fsp3) is 0.556. The van der Waals surface area contributed by atoms with E-state index in [1.54, 1.807) is 0 Å². The summed E-state index contributed by atoms with van der Waals surface area (Å²) in [5.74, 6) is -0.464. The number of nitrogens with two attached hydrogens (primary N) is 1. The summed E-state index contributed by atoms with van der Waals surface area (Å²) >= 11 is 0. The smallest absolute Gasteiger partial charge is 0.239 e.